The number of benzene rings is 1. The van der Waals surface area contributed by atoms with Gasteiger partial charge in [0.1, 0.15) is 0 Å². The van der Waals surface area contributed by atoms with Crippen LogP contribution in [0.25, 0.3) is 0 Å². The Labute approximate surface area is 123 Å². The maximum absolute atomic E-state index is 11.1. The molecule has 6 nitrogen and oxygen atoms in total. The summed E-state index contributed by atoms with van der Waals surface area (Å²) in [7, 11) is 1.53. The standard InChI is InChI=1S/C15H19N3O3/c1-21-11-13-14(15(19)20)16-17-18(13)10-6-5-9-12-7-3-2-4-8-12/h2-4,7-8H,5-6,9-11H2,1H3,(H,19,20). The van der Waals surface area contributed by atoms with Crippen molar-refractivity contribution in [1.29, 1.82) is 0 Å². The molecule has 0 unspecified atom stereocenters. The molecule has 1 N–H and O–H groups in total. The average Bonchev–Trinajstić information content (AvgIpc) is 2.88. The number of carbonyl (C=O) groups is 1. The Hall–Kier alpha value is -2.21. The number of unbranched alkanes of at least 4 members (excludes halogenated alkanes) is 1. The second-order valence-corrected chi connectivity index (χ2v) is 4.79. The zero-order valence-electron chi connectivity index (χ0n) is 12.0. The molecule has 0 aliphatic rings. The lowest BCUT2D eigenvalue weighted by atomic mass is 10.1. The summed E-state index contributed by atoms with van der Waals surface area (Å²) in [6.45, 7) is 0.846. The Morgan fingerprint density at radius 3 is 2.71 bits per heavy atom. The van der Waals surface area contributed by atoms with Gasteiger partial charge in [0, 0.05) is 13.7 Å². The lowest BCUT2D eigenvalue weighted by molar-refractivity contribution is 0.0684. The predicted octanol–water partition coefficient (Wildman–Crippen LogP) is 2.15. The van der Waals surface area contributed by atoms with Crippen molar-refractivity contribution in [1.82, 2.24) is 15.0 Å². The van der Waals surface area contributed by atoms with Crippen LogP contribution in [0, 0.1) is 0 Å². The summed E-state index contributed by atoms with van der Waals surface area (Å²) >= 11 is 0. The van der Waals surface area contributed by atoms with Crippen molar-refractivity contribution in [2.45, 2.75) is 32.4 Å². The van der Waals surface area contributed by atoms with Crippen molar-refractivity contribution in [3.05, 3.63) is 47.3 Å². The first kappa shape index (κ1) is 15.2. The fraction of sp³-hybridized carbons (Fsp3) is 0.400. The molecular formula is C15H19N3O3. The van der Waals surface area contributed by atoms with E-state index < -0.39 is 5.97 Å². The van der Waals surface area contributed by atoms with Crippen LogP contribution in [0.2, 0.25) is 0 Å². The molecule has 112 valence electrons. The third kappa shape index (κ3) is 4.13. The average molecular weight is 289 g/mol. The van der Waals surface area contributed by atoms with Crippen molar-refractivity contribution in [3.63, 3.8) is 0 Å². The van der Waals surface area contributed by atoms with Gasteiger partial charge in [-0.1, -0.05) is 35.5 Å². The minimum Gasteiger partial charge on any atom is -0.476 e. The lowest BCUT2D eigenvalue weighted by Gasteiger charge is -2.06. The van der Waals surface area contributed by atoms with Gasteiger partial charge in [-0.3, -0.25) is 0 Å². The first-order valence-electron chi connectivity index (χ1n) is 6.91. The molecule has 0 bridgehead atoms. The van der Waals surface area contributed by atoms with Crippen LogP contribution in [0.5, 0.6) is 0 Å². The number of ether oxygens (including phenoxy) is 1. The van der Waals surface area contributed by atoms with Gasteiger partial charge < -0.3 is 9.84 Å². The monoisotopic (exact) mass is 289 g/mol. The summed E-state index contributed by atoms with van der Waals surface area (Å²) in [6.07, 6.45) is 2.92. The lowest BCUT2D eigenvalue weighted by Crippen LogP contribution is -2.09. The van der Waals surface area contributed by atoms with E-state index >= 15 is 0 Å². The Morgan fingerprint density at radius 1 is 1.29 bits per heavy atom. The van der Waals surface area contributed by atoms with E-state index in [2.05, 4.69) is 22.4 Å². The minimum atomic E-state index is -1.07. The molecule has 0 aliphatic carbocycles. The molecule has 2 aromatic rings. The number of nitrogens with zero attached hydrogens (tertiary/aromatic N) is 3. The largest absolute Gasteiger partial charge is 0.476 e. The van der Waals surface area contributed by atoms with Crippen molar-refractivity contribution in [2.75, 3.05) is 7.11 Å². The number of carboxylic acids is 1. The Kier molecular flexibility index (Phi) is 5.45. The van der Waals surface area contributed by atoms with E-state index in [1.165, 1.54) is 12.7 Å². The predicted molar refractivity (Wildman–Crippen MR) is 77.1 cm³/mol. The second kappa shape index (κ2) is 7.54. The Morgan fingerprint density at radius 2 is 2.05 bits per heavy atom. The van der Waals surface area contributed by atoms with Crippen LogP contribution in [0.4, 0.5) is 0 Å². The number of hydrogen-bond acceptors (Lipinski definition) is 4. The van der Waals surface area contributed by atoms with Crippen LogP contribution >= 0.6 is 0 Å². The SMILES string of the molecule is COCc1c(C(=O)O)nnn1CCCCc1ccccc1. The number of hydrogen-bond donors (Lipinski definition) is 1. The molecule has 2 rings (SSSR count). The molecule has 6 heteroatoms. The molecule has 0 saturated heterocycles. The van der Waals surface area contributed by atoms with E-state index in [0.717, 1.165) is 19.3 Å². The first-order chi connectivity index (χ1) is 10.2. The van der Waals surface area contributed by atoms with Crippen LogP contribution < -0.4 is 0 Å². The first-order valence-corrected chi connectivity index (χ1v) is 6.91. The fourth-order valence-corrected chi connectivity index (χ4v) is 2.19. The van der Waals surface area contributed by atoms with Crippen LogP contribution in [0.15, 0.2) is 30.3 Å². The van der Waals surface area contributed by atoms with Gasteiger partial charge in [0.05, 0.1) is 12.3 Å². The molecule has 0 radical (unpaired) electrons. The molecule has 0 amide bonds. The minimum absolute atomic E-state index is 0.0279. The maximum Gasteiger partial charge on any atom is 0.358 e. The van der Waals surface area contributed by atoms with Crippen molar-refractivity contribution in [3.8, 4) is 0 Å². The highest BCUT2D eigenvalue weighted by Gasteiger charge is 2.18. The van der Waals surface area contributed by atoms with Gasteiger partial charge in [-0.2, -0.15) is 0 Å². The van der Waals surface area contributed by atoms with Crippen molar-refractivity contribution < 1.29 is 14.6 Å². The third-order valence-electron chi connectivity index (χ3n) is 3.25. The van der Waals surface area contributed by atoms with Gasteiger partial charge in [0.2, 0.25) is 0 Å². The molecule has 0 saturated carbocycles. The number of aryl methyl sites for hydroxylation is 2. The van der Waals surface area contributed by atoms with Crippen molar-refractivity contribution in [2.24, 2.45) is 0 Å². The number of aromatic carboxylic acids is 1. The summed E-state index contributed by atoms with van der Waals surface area (Å²) < 4.78 is 6.65. The smallest absolute Gasteiger partial charge is 0.358 e. The molecule has 21 heavy (non-hydrogen) atoms. The summed E-state index contributed by atoms with van der Waals surface area (Å²) in [4.78, 5) is 11.1. The van der Waals surface area contributed by atoms with Gasteiger partial charge in [-0.15, -0.1) is 5.10 Å². The van der Waals surface area contributed by atoms with Crippen LogP contribution in [0.3, 0.4) is 0 Å². The Bertz CT molecular complexity index is 581. The molecule has 1 aromatic heterocycles. The summed E-state index contributed by atoms with van der Waals surface area (Å²) in [5.41, 5.74) is 1.80. The number of rotatable bonds is 8. The normalized spacial score (nSPS) is 10.7. The van der Waals surface area contributed by atoms with Crippen LogP contribution in [-0.4, -0.2) is 33.2 Å². The molecular weight excluding hydrogens is 270 g/mol. The highest BCUT2D eigenvalue weighted by atomic mass is 16.5. The van der Waals surface area contributed by atoms with Gasteiger partial charge in [-0.25, -0.2) is 9.48 Å². The number of aromatic nitrogens is 3. The van der Waals surface area contributed by atoms with Gasteiger partial charge in [-0.05, 0) is 24.8 Å². The zero-order valence-corrected chi connectivity index (χ0v) is 12.0. The van der Waals surface area contributed by atoms with E-state index in [1.807, 2.05) is 18.2 Å². The van der Waals surface area contributed by atoms with Gasteiger partial charge >= 0.3 is 5.97 Å². The molecule has 1 heterocycles. The van der Waals surface area contributed by atoms with E-state index in [4.69, 9.17) is 9.84 Å². The van der Waals surface area contributed by atoms with Crippen molar-refractivity contribution >= 4 is 5.97 Å². The third-order valence-corrected chi connectivity index (χ3v) is 3.25. The maximum atomic E-state index is 11.1. The van der Waals surface area contributed by atoms with Gasteiger partial charge in [0.25, 0.3) is 0 Å². The van der Waals surface area contributed by atoms with E-state index in [1.54, 1.807) is 4.68 Å². The van der Waals surface area contributed by atoms with Crippen LogP contribution in [-0.2, 0) is 24.3 Å². The topological polar surface area (TPSA) is 77.2 Å². The van der Waals surface area contributed by atoms with E-state index in [-0.39, 0.29) is 12.3 Å². The second-order valence-electron chi connectivity index (χ2n) is 4.79. The molecule has 0 spiro atoms. The van der Waals surface area contributed by atoms with E-state index in [0.29, 0.717) is 12.2 Å². The molecule has 0 atom stereocenters. The highest BCUT2D eigenvalue weighted by Crippen LogP contribution is 2.10. The summed E-state index contributed by atoms with van der Waals surface area (Å²) in [5, 5.41) is 16.7. The van der Waals surface area contributed by atoms with Crippen LogP contribution in [0.1, 0.15) is 34.6 Å². The van der Waals surface area contributed by atoms with E-state index in [9.17, 15) is 4.79 Å². The zero-order chi connectivity index (χ0) is 15.1. The molecule has 0 aliphatic heterocycles. The quantitative estimate of drug-likeness (QED) is 0.753. The number of carboxylic acid groups (broad SMARTS) is 1. The van der Waals surface area contributed by atoms with Gasteiger partial charge in [0.15, 0.2) is 5.69 Å². The summed E-state index contributed by atoms with van der Waals surface area (Å²) in [5.74, 6) is -1.07. The number of methoxy groups -OCH3 is 1. The highest BCUT2D eigenvalue weighted by molar-refractivity contribution is 5.86. The molecule has 0 fully saturated rings. The Balaban J connectivity index is 1.89. The fourth-order valence-electron chi connectivity index (χ4n) is 2.19. The molecule has 1 aromatic carbocycles. The summed E-state index contributed by atoms with van der Waals surface area (Å²) in [6, 6.07) is 10.3.